The Morgan fingerprint density at radius 3 is 2.75 bits per heavy atom. The fourth-order valence-corrected chi connectivity index (χ4v) is 4.42. The van der Waals surface area contributed by atoms with Gasteiger partial charge in [0.25, 0.3) is 5.56 Å². The lowest BCUT2D eigenvalue weighted by Gasteiger charge is -2.28. The van der Waals surface area contributed by atoms with Gasteiger partial charge >= 0.3 is 0 Å². The molecule has 8 nitrogen and oxygen atoms in total. The van der Waals surface area contributed by atoms with Gasteiger partial charge in [0.1, 0.15) is 23.7 Å². The number of fused-ring (bicyclic) bond motifs is 6. The van der Waals surface area contributed by atoms with Crippen molar-refractivity contribution in [3.05, 3.63) is 86.7 Å². The molecule has 0 fully saturated rings. The Morgan fingerprint density at radius 2 is 1.97 bits per heavy atom. The van der Waals surface area contributed by atoms with E-state index >= 15 is 0 Å². The molecule has 1 N–H and O–H groups in total. The predicted molar refractivity (Wildman–Crippen MR) is 119 cm³/mol. The van der Waals surface area contributed by atoms with Gasteiger partial charge in [-0.1, -0.05) is 23.7 Å². The Hall–Kier alpha value is -3.91. The number of aryl methyl sites for hydroxylation is 1. The summed E-state index contributed by atoms with van der Waals surface area (Å²) in [6.45, 7) is 1.81. The van der Waals surface area contributed by atoms with Crippen LogP contribution in [0.3, 0.4) is 0 Å². The number of aromatic amines is 1. The quantitative estimate of drug-likeness (QED) is 0.429. The number of benzene rings is 2. The highest BCUT2D eigenvalue weighted by Crippen LogP contribution is 2.48. The Kier molecular flexibility index (Phi) is 4.00. The van der Waals surface area contributed by atoms with Gasteiger partial charge in [-0.3, -0.25) is 4.79 Å². The van der Waals surface area contributed by atoms with E-state index in [0.29, 0.717) is 50.5 Å². The highest BCUT2D eigenvalue weighted by Gasteiger charge is 2.36. The van der Waals surface area contributed by atoms with Crippen molar-refractivity contribution in [2.45, 2.75) is 12.8 Å². The van der Waals surface area contributed by atoms with Gasteiger partial charge in [-0.15, -0.1) is 0 Å². The van der Waals surface area contributed by atoms with Crippen molar-refractivity contribution in [1.82, 2.24) is 24.6 Å². The average Bonchev–Trinajstić information content (AvgIpc) is 3.18. The summed E-state index contributed by atoms with van der Waals surface area (Å²) in [6, 6.07) is 12.9. The van der Waals surface area contributed by atoms with Crippen LogP contribution in [0.4, 0.5) is 0 Å². The third kappa shape index (κ3) is 2.69. The van der Waals surface area contributed by atoms with Gasteiger partial charge in [-0.2, -0.15) is 5.10 Å². The molecule has 32 heavy (non-hydrogen) atoms. The zero-order chi connectivity index (χ0) is 22.0. The van der Waals surface area contributed by atoms with Crippen LogP contribution in [0.2, 0.25) is 5.02 Å². The molecule has 0 aliphatic carbocycles. The molecule has 5 aromatic rings. The summed E-state index contributed by atoms with van der Waals surface area (Å²) in [5, 5.41) is 5.74. The topological polar surface area (TPSA) is 94.4 Å². The number of hydrogen-bond acceptors (Lipinski definition) is 6. The van der Waals surface area contributed by atoms with Crippen LogP contribution in [0.1, 0.15) is 28.4 Å². The van der Waals surface area contributed by atoms with Crippen LogP contribution in [0.15, 0.2) is 53.6 Å². The van der Waals surface area contributed by atoms with Crippen molar-refractivity contribution in [3.63, 3.8) is 0 Å². The molecule has 0 saturated carbocycles. The lowest BCUT2D eigenvalue weighted by Crippen LogP contribution is -2.24. The van der Waals surface area contributed by atoms with E-state index < -0.39 is 5.92 Å². The van der Waals surface area contributed by atoms with Crippen molar-refractivity contribution in [2.24, 2.45) is 0 Å². The number of nitrogens with zero attached hydrogens (tertiary/aromatic N) is 4. The summed E-state index contributed by atoms with van der Waals surface area (Å²) in [4.78, 5) is 25.5. The molecule has 1 aliphatic heterocycles. The first-order chi connectivity index (χ1) is 15.5. The zero-order valence-electron chi connectivity index (χ0n) is 17.1. The van der Waals surface area contributed by atoms with Crippen molar-refractivity contribution < 1.29 is 9.47 Å². The minimum atomic E-state index is -0.471. The molecule has 0 bridgehead atoms. The monoisotopic (exact) mass is 445 g/mol. The summed E-state index contributed by atoms with van der Waals surface area (Å²) in [5.74, 6) is 1.62. The summed E-state index contributed by atoms with van der Waals surface area (Å²) in [6.07, 6.45) is 1.57. The lowest BCUT2D eigenvalue weighted by atomic mass is 9.84. The van der Waals surface area contributed by atoms with Crippen LogP contribution in [0.25, 0.3) is 16.6 Å². The van der Waals surface area contributed by atoms with E-state index in [1.165, 1.54) is 0 Å². The van der Waals surface area contributed by atoms with Crippen LogP contribution in [0, 0.1) is 6.92 Å². The van der Waals surface area contributed by atoms with Gasteiger partial charge in [-0.05, 0) is 36.8 Å². The molecule has 3 aromatic heterocycles. The zero-order valence-corrected chi connectivity index (χ0v) is 17.8. The minimum Gasteiger partial charge on any atom is -0.497 e. The smallest absolute Gasteiger partial charge is 0.256 e. The van der Waals surface area contributed by atoms with E-state index in [9.17, 15) is 4.79 Å². The van der Waals surface area contributed by atoms with Crippen molar-refractivity contribution in [1.29, 1.82) is 0 Å². The molecule has 1 unspecified atom stereocenters. The first kappa shape index (κ1) is 18.8. The number of hydrogen-bond donors (Lipinski definition) is 1. The van der Waals surface area contributed by atoms with Crippen LogP contribution in [0.5, 0.6) is 17.4 Å². The van der Waals surface area contributed by atoms with Crippen molar-refractivity contribution in [3.8, 4) is 17.4 Å². The maximum Gasteiger partial charge on any atom is 0.256 e. The summed E-state index contributed by atoms with van der Waals surface area (Å²) >= 11 is 6.14. The number of nitrogens with one attached hydrogen (secondary N) is 1. The third-order valence-electron chi connectivity index (χ3n) is 5.68. The number of H-pyrrole nitrogens is 1. The Balaban J connectivity index is 1.72. The molecule has 9 heteroatoms. The molecular formula is C23H16ClN5O3. The van der Waals surface area contributed by atoms with Crippen LogP contribution >= 0.6 is 11.6 Å². The fourth-order valence-electron chi connectivity index (χ4n) is 4.29. The number of methoxy groups -OCH3 is 1. The van der Waals surface area contributed by atoms with Crippen molar-refractivity contribution >= 4 is 28.2 Å². The van der Waals surface area contributed by atoms with Gasteiger partial charge in [0.05, 0.1) is 29.7 Å². The number of halogens is 1. The van der Waals surface area contributed by atoms with E-state index in [2.05, 4.69) is 20.1 Å². The molecule has 0 radical (unpaired) electrons. The van der Waals surface area contributed by atoms with E-state index in [-0.39, 0.29) is 5.56 Å². The second-order valence-electron chi connectivity index (χ2n) is 7.59. The molecule has 158 valence electrons. The highest BCUT2D eigenvalue weighted by molar-refractivity contribution is 6.30. The van der Waals surface area contributed by atoms with Crippen LogP contribution in [-0.2, 0) is 0 Å². The molecule has 0 spiro atoms. The van der Waals surface area contributed by atoms with E-state index in [4.69, 9.17) is 21.1 Å². The molecule has 0 saturated heterocycles. The number of ether oxygens (including phenoxy) is 2. The molecule has 0 amide bonds. The molecule has 4 heterocycles. The predicted octanol–water partition coefficient (Wildman–Crippen LogP) is 4.22. The SMILES string of the molecule is COc1ccc2c3c(c(=O)[nH]c2c1)C(c1ccc(Cl)cc1)c1c(ncn2nc(C)nc12)O3. The molecule has 6 rings (SSSR count). The Morgan fingerprint density at radius 1 is 1.16 bits per heavy atom. The average molecular weight is 446 g/mol. The lowest BCUT2D eigenvalue weighted by molar-refractivity contribution is 0.415. The van der Waals surface area contributed by atoms with Crippen LogP contribution < -0.4 is 15.0 Å². The second kappa shape index (κ2) is 6.80. The molecular weight excluding hydrogens is 430 g/mol. The van der Waals surface area contributed by atoms with E-state index in [0.717, 1.165) is 10.9 Å². The molecule has 1 atom stereocenters. The fraction of sp³-hybridized carbons (Fsp3) is 0.130. The molecule has 2 aromatic carbocycles. The maximum atomic E-state index is 13.4. The second-order valence-corrected chi connectivity index (χ2v) is 8.02. The van der Waals surface area contributed by atoms with E-state index in [1.54, 1.807) is 36.2 Å². The first-order valence-electron chi connectivity index (χ1n) is 9.92. The summed E-state index contributed by atoms with van der Waals surface area (Å²) in [5.41, 5.74) is 2.98. The van der Waals surface area contributed by atoms with E-state index in [1.807, 2.05) is 31.2 Å². The summed E-state index contributed by atoms with van der Waals surface area (Å²) < 4.78 is 13.2. The van der Waals surface area contributed by atoms with Gasteiger partial charge in [0.2, 0.25) is 5.88 Å². The standard InChI is InChI=1S/C23H16ClN5O3/c1-11-26-21-19-17(12-3-5-13(24)6-4-12)18-20(32-23(19)25-10-29(21)28-11)15-8-7-14(31-2)9-16(15)27-22(18)30/h3-10,17H,1-2H3,(H,27,30). The van der Waals surface area contributed by atoms with Gasteiger partial charge in [0, 0.05) is 16.5 Å². The Bertz CT molecular complexity index is 1590. The molecule has 1 aliphatic rings. The van der Waals surface area contributed by atoms with Crippen LogP contribution in [-0.4, -0.2) is 31.7 Å². The first-order valence-corrected chi connectivity index (χ1v) is 10.3. The number of aromatic nitrogens is 5. The van der Waals surface area contributed by atoms with Gasteiger partial charge < -0.3 is 14.5 Å². The minimum absolute atomic E-state index is 0.260. The Labute approximate surface area is 186 Å². The largest absolute Gasteiger partial charge is 0.497 e. The normalized spacial score (nSPS) is 14.8. The van der Waals surface area contributed by atoms with Gasteiger partial charge in [-0.25, -0.2) is 14.5 Å². The highest BCUT2D eigenvalue weighted by atomic mass is 35.5. The third-order valence-corrected chi connectivity index (χ3v) is 5.93. The van der Waals surface area contributed by atoms with Gasteiger partial charge in [0.15, 0.2) is 5.65 Å². The number of pyridine rings is 1. The van der Waals surface area contributed by atoms with Crippen molar-refractivity contribution in [2.75, 3.05) is 7.11 Å². The maximum absolute atomic E-state index is 13.4. The number of rotatable bonds is 2. The summed E-state index contributed by atoms with van der Waals surface area (Å²) in [7, 11) is 1.58.